The molecule has 120 valence electrons. The van der Waals surface area contributed by atoms with Gasteiger partial charge in [-0.05, 0) is 50.5 Å². The molecule has 0 aliphatic carbocycles. The average Bonchev–Trinajstić information content (AvgIpc) is 2.54. The Bertz CT molecular complexity index is 589. The molecule has 0 spiro atoms. The number of hydrogen-bond acceptors (Lipinski definition) is 4. The molecular weight excluding hydrogens is 282 g/mol. The lowest BCUT2D eigenvalue weighted by atomic mass is 9.98. The number of hydrogen-bond donors (Lipinski definition) is 0. The highest BCUT2D eigenvalue weighted by Gasteiger charge is 2.33. The first-order valence-corrected chi connectivity index (χ1v) is 7.41. The van der Waals surface area contributed by atoms with Gasteiger partial charge in [0.1, 0.15) is 11.4 Å². The van der Waals surface area contributed by atoms with Crippen molar-refractivity contribution in [3.63, 3.8) is 0 Å². The van der Waals surface area contributed by atoms with Crippen LogP contribution >= 0.6 is 0 Å². The SMILES string of the molecule is COc1ccc2c(c1)CN(C(=O)OC(C)(C)C)C(=O)C(C)C2. The van der Waals surface area contributed by atoms with Crippen molar-refractivity contribution >= 4 is 12.0 Å². The molecule has 5 heteroatoms. The van der Waals surface area contributed by atoms with Crippen LogP contribution in [0, 0.1) is 5.92 Å². The third kappa shape index (κ3) is 3.59. The van der Waals surface area contributed by atoms with Crippen LogP contribution in [0.25, 0.3) is 0 Å². The minimum atomic E-state index is -0.635. The third-order valence-electron chi connectivity index (χ3n) is 3.57. The molecule has 1 heterocycles. The van der Waals surface area contributed by atoms with Crippen molar-refractivity contribution in [2.45, 2.75) is 46.3 Å². The fraction of sp³-hybridized carbons (Fsp3) is 0.529. The molecular formula is C17H23NO4. The molecule has 0 bridgehead atoms. The Kier molecular flexibility index (Phi) is 4.44. The van der Waals surface area contributed by atoms with Gasteiger partial charge in [0, 0.05) is 5.92 Å². The zero-order valence-electron chi connectivity index (χ0n) is 13.8. The summed E-state index contributed by atoms with van der Waals surface area (Å²) >= 11 is 0. The molecule has 1 aromatic rings. The summed E-state index contributed by atoms with van der Waals surface area (Å²) in [5.74, 6) is 0.247. The maximum Gasteiger partial charge on any atom is 0.417 e. The lowest BCUT2D eigenvalue weighted by Crippen LogP contribution is -2.42. The highest BCUT2D eigenvalue weighted by atomic mass is 16.6. The van der Waals surface area contributed by atoms with Crippen molar-refractivity contribution in [1.82, 2.24) is 4.90 Å². The first-order valence-electron chi connectivity index (χ1n) is 7.41. The number of imide groups is 1. The zero-order chi connectivity index (χ0) is 16.5. The van der Waals surface area contributed by atoms with Crippen LogP contribution in [-0.2, 0) is 22.5 Å². The van der Waals surface area contributed by atoms with Gasteiger partial charge in [0.05, 0.1) is 13.7 Å². The molecule has 0 radical (unpaired) electrons. The van der Waals surface area contributed by atoms with E-state index >= 15 is 0 Å². The first-order chi connectivity index (χ1) is 10.2. The molecule has 0 aromatic heterocycles. The van der Waals surface area contributed by atoms with Crippen LogP contribution in [0.5, 0.6) is 5.75 Å². The highest BCUT2D eigenvalue weighted by molar-refractivity contribution is 5.93. The van der Waals surface area contributed by atoms with E-state index in [0.29, 0.717) is 12.2 Å². The van der Waals surface area contributed by atoms with Crippen LogP contribution in [0.15, 0.2) is 18.2 Å². The van der Waals surface area contributed by atoms with Gasteiger partial charge >= 0.3 is 6.09 Å². The maximum absolute atomic E-state index is 12.5. The van der Waals surface area contributed by atoms with Crippen molar-refractivity contribution in [3.05, 3.63) is 29.3 Å². The number of ether oxygens (including phenoxy) is 2. The Morgan fingerprint density at radius 2 is 1.95 bits per heavy atom. The lowest BCUT2D eigenvalue weighted by Gasteiger charge is -2.26. The summed E-state index contributed by atoms with van der Waals surface area (Å²) in [6, 6.07) is 5.70. The number of nitrogens with zero attached hydrogens (tertiary/aromatic N) is 1. The number of amides is 2. The molecule has 1 aliphatic rings. The Morgan fingerprint density at radius 1 is 1.27 bits per heavy atom. The predicted molar refractivity (Wildman–Crippen MR) is 82.6 cm³/mol. The van der Waals surface area contributed by atoms with E-state index in [1.165, 1.54) is 4.90 Å². The molecule has 0 saturated heterocycles. The van der Waals surface area contributed by atoms with E-state index in [1.807, 2.05) is 25.1 Å². The summed E-state index contributed by atoms with van der Waals surface area (Å²) in [4.78, 5) is 26.0. The van der Waals surface area contributed by atoms with Gasteiger partial charge in [0.15, 0.2) is 0 Å². The molecule has 1 aliphatic heterocycles. The monoisotopic (exact) mass is 305 g/mol. The van der Waals surface area contributed by atoms with Gasteiger partial charge < -0.3 is 9.47 Å². The number of carbonyl (C=O) groups excluding carboxylic acids is 2. The molecule has 5 nitrogen and oxygen atoms in total. The van der Waals surface area contributed by atoms with Gasteiger partial charge in [0.25, 0.3) is 0 Å². The van der Waals surface area contributed by atoms with Crippen LogP contribution < -0.4 is 4.74 Å². The largest absolute Gasteiger partial charge is 0.497 e. The van der Waals surface area contributed by atoms with E-state index in [0.717, 1.165) is 11.1 Å². The normalized spacial score (nSPS) is 18.5. The van der Waals surface area contributed by atoms with Gasteiger partial charge in [-0.25, -0.2) is 9.69 Å². The summed E-state index contributed by atoms with van der Waals surface area (Å²) < 4.78 is 10.6. The van der Waals surface area contributed by atoms with E-state index in [2.05, 4.69) is 0 Å². The molecule has 0 N–H and O–H groups in total. The highest BCUT2D eigenvalue weighted by Crippen LogP contribution is 2.27. The average molecular weight is 305 g/mol. The van der Waals surface area contributed by atoms with Crippen LogP contribution in [-0.4, -0.2) is 29.6 Å². The van der Waals surface area contributed by atoms with E-state index in [1.54, 1.807) is 27.9 Å². The quantitative estimate of drug-likeness (QED) is 0.800. The smallest absolute Gasteiger partial charge is 0.417 e. The van der Waals surface area contributed by atoms with Gasteiger partial charge in [-0.15, -0.1) is 0 Å². The molecule has 1 unspecified atom stereocenters. The van der Waals surface area contributed by atoms with E-state index < -0.39 is 11.7 Å². The van der Waals surface area contributed by atoms with Crippen molar-refractivity contribution in [2.24, 2.45) is 5.92 Å². The second kappa shape index (κ2) is 5.99. The Hall–Kier alpha value is -2.04. The van der Waals surface area contributed by atoms with Crippen molar-refractivity contribution in [3.8, 4) is 5.75 Å². The molecule has 2 amide bonds. The summed E-state index contributed by atoms with van der Waals surface area (Å²) in [5, 5.41) is 0. The molecule has 1 aromatic carbocycles. The van der Waals surface area contributed by atoms with Gasteiger partial charge in [0.2, 0.25) is 5.91 Å². The van der Waals surface area contributed by atoms with Crippen molar-refractivity contribution in [1.29, 1.82) is 0 Å². The summed E-state index contributed by atoms with van der Waals surface area (Å²) in [7, 11) is 1.60. The second-order valence-electron chi connectivity index (χ2n) is 6.64. The number of carbonyl (C=O) groups is 2. The van der Waals surface area contributed by atoms with Crippen LogP contribution in [0.3, 0.4) is 0 Å². The fourth-order valence-electron chi connectivity index (χ4n) is 2.48. The minimum absolute atomic E-state index is 0.204. The standard InChI is InChI=1S/C17H23NO4/c1-11-8-12-6-7-14(21-5)9-13(12)10-18(15(11)19)16(20)22-17(2,3)4/h6-7,9,11H,8,10H2,1-5H3. The number of rotatable bonds is 1. The van der Waals surface area contributed by atoms with Crippen molar-refractivity contribution < 1.29 is 19.1 Å². The first kappa shape index (κ1) is 16.3. The molecule has 0 saturated carbocycles. The molecule has 0 fully saturated rings. The van der Waals surface area contributed by atoms with Crippen molar-refractivity contribution in [2.75, 3.05) is 7.11 Å². The zero-order valence-corrected chi connectivity index (χ0v) is 13.8. The number of benzene rings is 1. The van der Waals surface area contributed by atoms with Gasteiger partial charge in [-0.1, -0.05) is 13.0 Å². The van der Waals surface area contributed by atoms with E-state index in [9.17, 15) is 9.59 Å². The number of methoxy groups -OCH3 is 1. The van der Waals surface area contributed by atoms with E-state index in [-0.39, 0.29) is 18.4 Å². The maximum atomic E-state index is 12.5. The Labute approximate surface area is 131 Å². The predicted octanol–water partition coefficient (Wildman–Crippen LogP) is 3.15. The second-order valence-corrected chi connectivity index (χ2v) is 6.64. The summed E-state index contributed by atoms with van der Waals surface area (Å²) in [6.07, 6.45) is 0.0114. The lowest BCUT2D eigenvalue weighted by molar-refractivity contribution is -0.134. The minimum Gasteiger partial charge on any atom is -0.497 e. The van der Waals surface area contributed by atoms with Crippen LogP contribution in [0.4, 0.5) is 4.79 Å². The van der Waals surface area contributed by atoms with E-state index in [4.69, 9.17) is 9.47 Å². The molecule has 2 rings (SSSR count). The number of fused-ring (bicyclic) bond motifs is 1. The summed E-state index contributed by atoms with van der Waals surface area (Å²) in [5.41, 5.74) is 1.35. The summed E-state index contributed by atoms with van der Waals surface area (Å²) in [6.45, 7) is 7.40. The topological polar surface area (TPSA) is 55.8 Å². The van der Waals surface area contributed by atoms with Crippen LogP contribution in [0.1, 0.15) is 38.8 Å². The Morgan fingerprint density at radius 3 is 2.55 bits per heavy atom. The fourth-order valence-corrected chi connectivity index (χ4v) is 2.48. The van der Waals surface area contributed by atoms with Crippen LogP contribution in [0.2, 0.25) is 0 Å². The van der Waals surface area contributed by atoms with Gasteiger partial charge in [-0.3, -0.25) is 4.79 Å². The van der Waals surface area contributed by atoms with Gasteiger partial charge in [-0.2, -0.15) is 0 Å². The Balaban J connectivity index is 2.34. The third-order valence-corrected chi connectivity index (χ3v) is 3.57. The molecule has 1 atom stereocenters. The molecule has 22 heavy (non-hydrogen) atoms.